The molecule has 0 spiro atoms. The number of nitrogens with one attached hydrogen (secondary N) is 4. The summed E-state index contributed by atoms with van der Waals surface area (Å²) in [6, 6.07) is 0.499. The third-order valence-electron chi connectivity index (χ3n) is 6.48. The zero-order chi connectivity index (χ0) is 24.4. The Hall–Kier alpha value is -1.48. The molecule has 0 aliphatic carbocycles. The number of unbranched alkanes of at least 4 members (excludes halogenated alkanes) is 7. The molecule has 2 aliphatic heterocycles. The highest BCUT2D eigenvalue weighted by molar-refractivity contribution is 8.00. The van der Waals surface area contributed by atoms with Crippen LogP contribution < -0.4 is 21.3 Å². The zero-order valence-electron chi connectivity index (χ0n) is 21.0. The first kappa shape index (κ1) is 28.8. The third kappa shape index (κ3) is 12.3. The smallest absolute Gasteiger partial charge is 0.315 e. The normalized spacial score (nSPS) is 21.1. The molecule has 34 heavy (non-hydrogen) atoms. The summed E-state index contributed by atoms with van der Waals surface area (Å²) in [6.07, 6.45) is 12.9. The van der Waals surface area contributed by atoms with E-state index in [-0.39, 0.29) is 29.9 Å². The summed E-state index contributed by atoms with van der Waals surface area (Å²) in [6.45, 7) is 5.06. The van der Waals surface area contributed by atoms with Gasteiger partial charge in [-0.25, -0.2) is 4.79 Å². The zero-order valence-corrected chi connectivity index (χ0v) is 21.8. The molecule has 0 saturated carbocycles. The molecule has 4 amide bonds. The van der Waals surface area contributed by atoms with Crippen LogP contribution >= 0.6 is 11.8 Å². The Morgan fingerprint density at radius 3 is 2.21 bits per heavy atom. The van der Waals surface area contributed by atoms with E-state index in [1.807, 2.05) is 18.7 Å². The summed E-state index contributed by atoms with van der Waals surface area (Å²) in [5.41, 5.74) is 0. The summed E-state index contributed by atoms with van der Waals surface area (Å²) >= 11 is 1.93. The summed E-state index contributed by atoms with van der Waals surface area (Å²) in [5.74, 6) is 1.28. The number of fused-ring (bicyclic) bond motifs is 1. The molecule has 0 aromatic rings. The van der Waals surface area contributed by atoms with Gasteiger partial charge < -0.3 is 26.0 Å². The minimum absolute atomic E-state index is 0.0367. The van der Waals surface area contributed by atoms with Crippen molar-refractivity contribution in [1.82, 2.24) is 21.3 Å². The number of hydrogen-bond donors (Lipinski definition) is 4. The molecule has 3 atom stereocenters. The highest BCUT2D eigenvalue weighted by Gasteiger charge is 2.42. The van der Waals surface area contributed by atoms with E-state index in [0.717, 1.165) is 103 Å². The van der Waals surface area contributed by atoms with Crippen LogP contribution in [0.2, 0.25) is 0 Å². The maximum absolute atomic E-state index is 12.0. The van der Waals surface area contributed by atoms with Crippen LogP contribution in [0, 0.1) is 0 Å². The van der Waals surface area contributed by atoms with Crippen LogP contribution in [0.5, 0.6) is 0 Å². The van der Waals surface area contributed by atoms with Crippen LogP contribution in [0.4, 0.5) is 4.79 Å². The van der Waals surface area contributed by atoms with E-state index in [1.165, 1.54) is 0 Å². The lowest BCUT2D eigenvalue weighted by molar-refractivity contribution is -0.121. The second kappa shape index (κ2) is 17.9. The molecule has 8 nitrogen and oxygen atoms in total. The van der Waals surface area contributed by atoms with Crippen molar-refractivity contribution in [3.8, 4) is 0 Å². The Labute approximate surface area is 209 Å². The fourth-order valence-electron chi connectivity index (χ4n) is 4.41. The van der Waals surface area contributed by atoms with Crippen LogP contribution in [-0.2, 0) is 14.3 Å². The van der Waals surface area contributed by atoms with Gasteiger partial charge in [-0.3, -0.25) is 9.59 Å². The monoisotopic (exact) mass is 498 g/mol. The Bertz CT molecular complexity index is 607. The second-order valence-electron chi connectivity index (χ2n) is 9.36. The molecule has 2 heterocycles. The maximum Gasteiger partial charge on any atom is 0.315 e. The quantitative estimate of drug-likeness (QED) is 0.152. The van der Waals surface area contributed by atoms with E-state index in [4.69, 9.17) is 4.74 Å². The number of rotatable bonds is 20. The van der Waals surface area contributed by atoms with E-state index in [1.54, 1.807) is 0 Å². The molecule has 0 aromatic carbocycles. The molecular formula is C25H46N4O4S. The Balaban J connectivity index is 1.27. The summed E-state index contributed by atoms with van der Waals surface area (Å²) in [7, 11) is 0. The van der Waals surface area contributed by atoms with E-state index in [9.17, 15) is 14.4 Å². The van der Waals surface area contributed by atoms with Gasteiger partial charge in [0.2, 0.25) is 11.8 Å². The standard InChI is InChI=1S/C25H46N4O4S/c1-2-22(30)26-15-9-3-5-11-17-33-18-12-6-4-10-16-27-23(31)14-8-7-13-21-24-20(19-34-21)28-25(32)29-24/h20-21,24H,2-19H2,1H3,(H,26,30)(H,27,31)(H2,28,29,32). The molecule has 0 bridgehead atoms. The third-order valence-corrected chi connectivity index (χ3v) is 7.99. The molecule has 3 unspecified atom stereocenters. The van der Waals surface area contributed by atoms with Crippen molar-refractivity contribution in [2.75, 3.05) is 32.1 Å². The topological polar surface area (TPSA) is 109 Å². The SMILES string of the molecule is CCC(=O)NCCCCCCOCCCCCCNC(=O)CCCCC1SCC2NC(=O)NC21. The fraction of sp³-hybridized carbons (Fsp3) is 0.880. The molecule has 0 radical (unpaired) electrons. The first-order valence-electron chi connectivity index (χ1n) is 13.4. The van der Waals surface area contributed by atoms with E-state index < -0.39 is 0 Å². The van der Waals surface area contributed by atoms with Crippen LogP contribution in [-0.4, -0.2) is 67.2 Å². The van der Waals surface area contributed by atoms with Crippen LogP contribution in [0.25, 0.3) is 0 Å². The van der Waals surface area contributed by atoms with Gasteiger partial charge in [-0.15, -0.1) is 0 Å². The average molecular weight is 499 g/mol. The molecular weight excluding hydrogens is 452 g/mol. The van der Waals surface area contributed by atoms with E-state index in [0.29, 0.717) is 18.1 Å². The van der Waals surface area contributed by atoms with Gasteiger partial charge >= 0.3 is 6.03 Å². The van der Waals surface area contributed by atoms with Crippen molar-refractivity contribution in [2.24, 2.45) is 0 Å². The number of carbonyl (C=O) groups is 3. The average Bonchev–Trinajstić information content (AvgIpc) is 3.38. The summed E-state index contributed by atoms with van der Waals surface area (Å²) in [4.78, 5) is 34.5. The minimum atomic E-state index is -0.0367. The molecule has 9 heteroatoms. The predicted molar refractivity (Wildman–Crippen MR) is 138 cm³/mol. The summed E-state index contributed by atoms with van der Waals surface area (Å²) in [5, 5.41) is 12.4. The largest absolute Gasteiger partial charge is 0.381 e. The number of thioether (sulfide) groups is 1. The number of ether oxygens (including phenoxy) is 1. The van der Waals surface area contributed by atoms with Gasteiger partial charge in [0.25, 0.3) is 0 Å². The van der Waals surface area contributed by atoms with Crippen molar-refractivity contribution in [2.45, 2.75) is 108 Å². The molecule has 2 rings (SSSR count). The van der Waals surface area contributed by atoms with Gasteiger partial charge in [0.05, 0.1) is 12.1 Å². The lowest BCUT2D eigenvalue weighted by Gasteiger charge is -2.16. The number of urea groups is 1. The number of carbonyl (C=O) groups excluding carboxylic acids is 3. The number of hydrogen-bond acceptors (Lipinski definition) is 5. The van der Waals surface area contributed by atoms with Crippen LogP contribution in [0.15, 0.2) is 0 Å². The minimum Gasteiger partial charge on any atom is -0.381 e. The van der Waals surface area contributed by atoms with Crippen molar-refractivity contribution in [3.05, 3.63) is 0 Å². The van der Waals surface area contributed by atoms with Crippen molar-refractivity contribution in [3.63, 3.8) is 0 Å². The molecule has 2 fully saturated rings. The maximum atomic E-state index is 12.0. The van der Waals surface area contributed by atoms with Gasteiger partial charge in [0, 0.05) is 50.1 Å². The highest BCUT2D eigenvalue weighted by Crippen LogP contribution is 2.33. The van der Waals surface area contributed by atoms with Gasteiger partial charge in [0.15, 0.2) is 0 Å². The second-order valence-corrected chi connectivity index (χ2v) is 10.6. The van der Waals surface area contributed by atoms with Crippen LogP contribution in [0.3, 0.4) is 0 Å². The first-order valence-corrected chi connectivity index (χ1v) is 14.4. The van der Waals surface area contributed by atoms with Gasteiger partial charge in [-0.1, -0.05) is 39.0 Å². The van der Waals surface area contributed by atoms with Crippen molar-refractivity contribution < 1.29 is 19.1 Å². The number of amides is 4. The fourth-order valence-corrected chi connectivity index (χ4v) is 5.95. The Morgan fingerprint density at radius 2 is 1.53 bits per heavy atom. The molecule has 4 N–H and O–H groups in total. The lowest BCUT2D eigenvalue weighted by atomic mass is 10.0. The summed E-state index contributed by atoms with van der Waals surface area (Å²) < 4.78 is 5.70. The molecule has 2 aliphatic rings. The van der Waals surface area contributed by atoms with Gasteiger partial charge in [-0.05, 0) is 38.5 Å². The molecule has 0 aromatic heterocycles. The Morgan fingerprint density at radius 1 is 0.882 bits per heavy atom. The van der Waals surface area contributed by atoms with Crippen LogP contribution in [0.1, 0.15) is 90.4 Å². The van der Waals surface area contributed by atoms with Crippen molar-refractivity contribution in [1.29, 1.82) is 0 Å². The van der Waals surface area contributed by atoms with Gasteiger partial charge in [-0.2, -0.15) is 11.8 Å². The first-order chi connectivity index (χ1) is 16.6. The lowest BCUT2D eigenvalue weighted by Crippen LogP contribution is -2.36. The Kier molecular flexibility index (Phi) is 15.1. The van der Waals surface area contributed by atoms with Gasteiger partial charge in [0.1, 0.15) is 0 Å². The molecule has 2 saturated heterocycles. The van der Waals surface area contributed by atoms with E-state index in [2.05, 4.69) is 21.3 Å². The molecule has 196 valence electrons. The highest BCUT2D eigenvalue weighted by atomic mass is 32.2. The van der Waals surface area contributed by atoms with Crippen molar-refractivity contribution >= 4 is 29.6 Å². The van der Waals surface area contributed by atoms with E-state index >= 15 is 0 Å². The predicted octanol–water partition coefficient (Wildman–Crippen LogP) is 3.49.